The van der Waals surface area contributed by atoms with Crippen LogP contribution >= 0.6 is 27.7 Å². The minimum Gasteiger partial charge on any atom is -0.274 e. The number of imide groups is 1. The van der Waals surface area contributed by atoms with Gasteiger partial charge in [-0.05, 0) is 61.6 Å². The lowest BCUT2D eigenvalue weighted by atomic mass is 10.1. The maximum atomic E-state index is 12.9. The maximum Gasteiger partial charge on any atom is 0.247 e. The van der Waals surface area contributed by atoms with Crippen LogP contribution in [0.15, 0.2) is 39.8 Å². The number of carbonyl (C=O) groups is 2. The minimum absolute atomic E-state index is 0.114. The highest BCUT2D eigenvalue weighted by atomic mass is 79.9. The molecule has 1 atom stereocenters. The number of rotatable bonds is 3. The van der Waals surface area contributed by atoms with Gasteiger partial charge in [0.2, 0.25) is 11.8 Å². The van der Waals surface area contributed by atoms with E-state index >= 15 is 0 Å². The smallest absolute Gasteiger partial charge is 0.247 e. The number of halogens is 1. The van der Waals surface area contributed by atoms with Gasteiger partial charge in [0.05, 0.1) is 16.5 Å². The molecule has 2 amide bonds. The van der Waals surface area contributed by atoms with Crippen LogP contribution in [0.4, 0.5) is 5.69 Å². The zero-order chi connectivity index (χ0) is 19.7. The summed E-state index contributed by atoms with van der Waals surface area (Å²) in [5, 5.41) is 9.57. The second kappa shape index (κ2) is 8.06. The molecule has 1 aliphatic heterocycles. The summed E-state index contributed by atoms with van der Waals surface area (Å²) in [5.41, 5.74) is 3.23. The van der Waals surface area contributed by atoms with Crippen molar-refractivity contribution in [3.8, 4) is 6.07 Å². The average Bonchev–Trinajstić information content (AvgIpc) is 2.85. The summed E-state index contributed by atoms with van der Waals surface area (Å²) in [7, 11) is 0. The van der Waals surface area contributed by atoms with Gasteiger partial charge in [-0.15, -0.1) is 0 Å². The summed E-state index contributed by atoms with van der Waals surface area (Å²) >= 11 is 4.60. The number of anilines is 1. The zero-order valence-electron chi connectivity index (χ0n) is 15.2. The summed E-state index contributed by atoms with van der Waals surface area (Å²) in [6.45, 7) is 0. The van der Waals surface area contributed by atoms with Crippen LogP contribution < -0.4 is 4.90 Å². The molecule has 0 saturated carbocycles. The summed E-state index contributed by atoms with van der Waals surface area (Å²) < 4.78 is 0.883. The van der Waals surface area contributed by atoms with Crippen molar-refractivity contribution >= 4 is 45.2 Å². The lowest BCUT2D eigenvalue weighted by Gasteiger charge is -2.15. The molecule has 0 spiro atoms. The van der Waals surface area contributed by atoms with Crippen molar-refractivity contribution < 1.29 is 9.59 Å². The number of thioether (sulfide) groups is 1. The molecule has 1 saturated heterocycles. The Hall–Kier alpha value is -2.17. The normalized spacial score (nSPS) is 19.3. The van der Waals surface area contributed by atoms with Crippen LogP contribution in [-0.4, -0.2) is 22.0 Å². The Labute approximate surface area is 176 Å². The molecule has 1 fully saturated rings. The third-order valence-corrected chi connectivity index (χ3v) is 6.80. The first-order valence-electron chi connectivity index (χ1n) is 9.28. The molecule has 1 aromatic heterocycles. The second-order valence-electron chi connectivity index (χ2n) is 6.97. The second-order valence-corrected chi connectivity index (χ2v) is 9.08. The topological polar surface area (TPSA) is 74.1 Å². The predicted octanol–water partition coefficient (Wildman–Crippen LogP) is 4.41. The molecule has 5 nitrogen and oxygen atoms in total. The van der Waals surface area contributed by atoms with Gasteiger partial charge in [0.25, 0.3) is 0 Å². The summed E-state index contributed by atoms with van der Waals surface area (Å²) in [4.78, 5) is 31.4. The molecule has 4 rings (SSSR count). The molecular weight excluding hydrogens is 438 g/mol. The van der Waals surface area contributed by atoms with Crippen LogP contribution in [-0.2, 0) is 22.4 Å². The standard InChI is InChI=1S/C21H18BrN3O2S/c22-15-6-8-16(9-7-15)25-19(26)11-18(21(25)27)28-20-14(12-23)10-13-4-2-1-3-5-17(13)24-20/h6-10,18H,1-5,11H2. The highest BCUT2D eigenvalue weighted by Gasteiger charge is 2.40. The van der Waals surface area contributed by atoms with Crippen LogP contribution in [0, 0.1) is 11.3 Å². The summed E-state index contributed by atoms with van der Waals surface area (Å²) in [5.74, 6) is -0.476. The molecule has 2 aromatic rings. The number of fused-ring (bicyclic) bond motifs is 1. The van der Waals surface area contributed by atoms with Gasteiger partial charge in [-0.25, -0.2) is 9.88 Å². The largest absolute Gasteiger partial charge is 0.274 e. The number of nitrogens with zero attached hydrogens (tertiary/aromatic N) is 3. The van der Waals surface area contributed by atoms with Gasteiger partial charge >= 0.3 is 0 Å². The highest BCUT2D eigenvalue weighted by Crippen LogP contribution is 2.36. The van der Waals surface area contributed by atoms with E-state index in [4.69, 9.17) is 4.98 Å². The first kappa shape index (κ1) is 19.2. The molecular formula is C21H18BrN3O2S. The molecule has 0 bridgehead atoms. The van der Waals surface area contributed by atoms with E-state index in [9.17, 15) is 14.9 Å². The average molecular weight is 456 g/mol. The van der Waals surface area contributed by atoms with Crippen LogP contribution in [0.1, 0.15) is 42.5 Å². The highest BCUT2D eigenvalue weighted by molar-refractivity contribution is 9.10. The Morgan fingerprint density at radius 3 is 2.64 bits per heavy atom. The minimum atomic E-state index is -0.556. The quantitative estimate of drug-likeness (QED) is 0.506. The molecule has 7 heteroatoms. The van der Waals surface area contributed by atoms with E-state index in [0.717, 1.165) is 41.4 Å². The molecule has 28 heavy (non-hydrogen) atoms. The Kier molecular flexibility index (Phi) is 5.51. The Bertz CT molecular complexity index is 984. The van der Waals surface area contributed by atoms with E-state index in [2.05, 4.69) is 22.0 Å². The molecule has 1 unspecified atom stereocenters. The number of hydrogen-bond donors (Lipinski definition) is 0. The van der Waals surface area contributed by atoms with Crippen molar-refractivity contribution in [2.45, 2.75) is 48.8 Å². The Morgan fingerprint density at radius 2 is 1.89 bits per heavy atom. The van der Waals surface area contributed by atoms with E-state index in [1.807, 2.05) is 6.07 Å². The van der Waals surface area contributed by atoms with E-state index in [-0.39, 0.29) is 18.2 Å². The van der Waals surface area contributed by atoms with E-state index in [1.54, 1.807) is 24.3 Å². The van der Waals surface area contributed by atoms with Crippen LogP contribution in [0.3, 0.4) is 0 Å². The van der Waals surface area contributed by atoms with Crippen LogP contribution in [0.25, 0.3) is 0 Å². The first-order valence-corrected chi connectivity index (χ1v) is 11.0. The van der Waals surface area contributed by atoms with Crippen molar-refractivity contribution in [2.24, 2.45) is 0 Å². The van der Waals surface area contributed by atoms with Crippen LogP contribution in [0.2, 0.25) is 0 Å². The fourth-order valence-electron chi connectivity index (χ4n) is 3.65. The van der Waals surface area contributed by atoms with Gasteiger partial charge in [0, 0.05) is 16.6 Å². The number of nitriles is 1. The number of pyridine rings is 1. The number of carbonyl (C=O) groups excluding carboxylic acids is 2. The van der Waals surface area contributed by atoms with Gasteiger partial charge in [-0.2, -0.15) is 5.26 Å². The third kappa shape index (κ3) is 3.71. The number of amides is 2. The fraction of sp³-hybridized carbons (Fsp3) is 0.333. The summed E-state index contributed by atoms with van der Waals surface area (Å²) in [6.07, 6.45) is 5.33. The predicted molar refractivity (Wildman–Crippen MR) is 111 cm³/mol. The SMILES string of the molecule is N#Cc1cc2c(nc1SC1CC(=O)N(c3ccc(Br)cc3)C1=O)CCCCC2. The zero-order valence-corrected chi connectivity index (χ0v) is 17.6. The number of hydrogen-bond acceptors (Lipinski definition) is 5. The number of benzene rings is 1. The monoisotopic (exact) mass is 455 g/mol. The first-order chi connectivity index (χ1) is 13.6. The van der Waals surface area contributed by atoms with Crippen molar-refractivity contribution in [2.75, 3.05) is 4.90 Å². The van der Waals surface area contributed by atoms with E-state index < -0.39 is 5.25 Å². The molecule has 142 valence electrons. The summed E-state index contributed by atoms with van der Waals surface area (Å²) in [6, 6.07) is 11.2. The van der Waals surface area contributed by atoms with Crippen molar-refractivity contribution in [1.82, 2.24) is 4.98 Å². The van der Waals surface area contributed by atoms with Gasteiger partial charge in [-0.1, -0.05) is 34.1 Å². The molecule has 2 aliphatic rings. The molecule has 0 radical (unpaired) electrons. The van der Waals surface area contributed by atoms with Gasteiger partial charge in [0.15, 0.2) is 0 Å². The molecule has 2 heterocycles. The third-order valence-electron chi connectivity index (χ3n) is 5.08. The Morgan fingerprint density at radius 1 is 1.14 bits per heavy atom. The van der Waals surface area contributed by atoms with E-state index in [0.29, 0.717) is 16.3 Å². The van der Waals surface area contributed by atoms with Gasteiger partial charge < -0.3 is 0 Å². The molecule has 0 N–H and O–H groups in total. The Balaban J connectivity index is 1.60. The molecule has 1 aliphatic carbocycles. The molecule has 1 aromatic carbocycles. The number of aromatic nitrogens is 1. The van der Waals surface area contributed by atoms with Crippen LogP contribution in [0.5, 0.6) is 0 Å². The lowest BCUT2D eigenvalue weighted by Crippen LogP contribution is -2.31. The maximum absolute atomic E-state index is 12.9. The lowest BCUT2D eigenvalue weighted by molar-refractivity contribution is -0.121. The fourth-order valence-corrected chi connectivity index (χ4v) is 5.01. The van der Waals surface area contributed by atoms with Crippen molar-refractivity contribution in [1.29, 1.82) is 5.26 Å². The van der Waals surface area contributed by atoms with Gasteiger partial charge in [0.1, 0.15) is 11.1 Å². The van der Waals surface area contributed by atoms with Crippen molar-refractivity contribution in [3.05, 3.63) is 51.6 Å². The van der Waals surface area contributed by atoms with E-state index in [1.165, 1.54) is 23.1 Å². The van der Waals surface area contributed by atoms with Gasteiger partial charge in [-0.3, -0.25) is 9.59 Å². The van der Waals surface area contributed by atoms with Crippen molar-refractivity contribution in [3.63, 3.8) is 0 Å². The number of aryl methyl sites for hydroxylation is 2.